The van der Waals surface area contributed by atoms with Crippen LogP contribution in [-0.4, -0.2) is 40.6 Å². The molecule has 1 aromatic carbocycles. The molecule has 1 saturated carbocycles. The van der Waals surface area contributed by atoms with E-state index in [0.717, 1.165) is 29.4 Å². The minimum Gasteiger partial charge on any atom is -0.349 e. The highest BCUT2D eigenvalue weighted by Crippen LogP contribution is 2.39. The van der Waals surface area contributed by atoms with Crippen LogP contribution in [0.3, 0.4) is 0 Å². The van der Waals surface area contributed by atoms with Crippen LogP contribution in [0.1, 0.15) is 60.4 Å². The zero-order valence-corrected chi connectivity index (χ0v) is 15.5. The maximum Gasteiger partial charge on any atom is 0.271 e. The standard InChI is InChI=1S/C19H25ClN4O/c1-3-24(4-2)18(14-7-5-6-8-15(14)20)12-21-19(25)17-11-16(22-23-17)13-9-10-13/h5-8,11,13,18H,3-4,9-10,12H2,1-2H3,(H,21,25)(H,22,23)/t18-/m0/s1. The Morgan fingerprint density at radius 1 is 1.36 bits per heavy atom. The highest BCUT2D eigenvalue weighted by molar-refractivity contribution is 6.31. The molecule has 1 fully saturated rings. The molecule has 0 radical (unpaired) electrons. The zero-order chi connectivity index (χ0) is 17.8. The van der Waals surface area contributed by atoms with E-state index < -0.39 is 0 Å². The topological polar surface area (TPSA) is 61.0 Å². The highest BCUT2D eigenvalue weighted by atomic mass is 35.5. The number of likely N-dealkylation sites (N-methyl/N-ethyl adjacent to an activating group) is 1. The molecule has 2 N–H and O–H groups in total. The number of aromatic amines is 1. The van der Waals surface area contributed by atoms with Gasteiger partial charge < -0.3 is 5.32 Å². The lowest BCUT2D eigenvalue weighted by molar-refractivity contribution is 0.0930. The largest absolute Gasteiger partial charge is 0.349 e. The van der Waals surface area contributed by atoms with Gasteiger partial charge in [-0.15, -0.1) is 0 Å². The molecule has 1 atom stereocenters. The molecule has 0 bridgehead atoms. The highest BCUT2D eigenvalue weighted by Gasteiger charge is 2.27. The number of hydrogen-bond acceptors (Lipinski definition) is 3. The Hall–Kier alpha value is -1.85. The fourth-order valence-corrected chi connectivity index (χ4v) is 3.44. The van der Waals surface area contributed by atoms with Gasteiger partial charge in [0, 0.05) is 23.2 Å². The first-order valence-electron chi connectivity index (χ1n) is 8.96. The normalized spacial score (nSPS) is 15.4. The van der Waals surface area contributed by atoms with Gasteiger partial charge in [0.25, 0.3) is 5.91 Å². The van der Waals surface area contributed by atoms with Gasteiger partial charge in [-0.2, -0.15) is 5.10 Å². The van der Waals surface area contributed by atoms with Crippen LogP contribution < -0.4 is 5.32 Å². The van der Waals surface area contributed by atoms with Crippen molar-refractivity contribution in [2.24, 2.45) is 0 Å². The molecule has 3 rings (SSSR count). The van der Waals surface area contributed by atoms with E-state index in [1.54, 1.807) is 0 Å². The second-order valence-electron chi connectivity index (χ2n) is 6.45. The number of amides is 1. The second kappa shape index (κ2) is 8.02. The van der Waals surface area contributed by atoms with Gasteiger partial charge in [-0.05, 0) is 43.6 Å². The Morgan fingerprint density at radius 2 is 2.08 bits per heavy atom. The van der Waals surface area contributed by atoms with Crippen LogP contribution in [0.4, 0.5) is 0 Å². The molecule has 5 nitrogen and oxygen atoms in total. The molecule has 6 heteroatoms. The average Bonchev–Trinajstić information content (AvgIpc) is 3.36. The fraction of sp³-hybridized carbons (Fsp3) is 0.474. The van der Waals surface area contributed by atoms with E-state index in [9.17, 15) is 4.79 Å². The molecule has 0 spiro atoms. The van der Waals surface area contributed by atoms with Crippen molar-refractivity contribution in [1.82, 2.24) is 20.4 Å². The van der Waals surface area contributed by atoms with E-state index >= 15 is 0 Å². The van der Waals surface area contributed by atoms with Gasteiger partial charge in [0.2, 0.25) is 0 Å². The quantitative estimate of drug-likeness (QED) is 0.753. The molecule has 0 saturated heterocycles. The summed E-state index contributed by atoms with van der Waals surface area (Å²) in [6.07, 6.45) is 2.36. The van der Waals surface area contributed by atoms with Gasteiger partial charge in [0.05, 0.1) is 6.04 Å². The summed E-state index contributed by atoms with van der Waals surface area (Å²) in [4.78, 5) is 14.8. The van der Waals surface area contributed by atoms with Crippen molar-refractivity contribution in [3.05, 3.63) is 52.3 Å². The van der Waals surface area contributed by atoms with Crippen molar-refractivity contribution in [2.45, 2.75) is 38.6 Å². The van der Waals surface area contributed by atoms with Crippen molar-refractivity contribution in [2.75, 3.05) is 19.6 Å². The maximum atomic E-state index is 12.5. The Labute approximate surface area is 153 Å². The molecule has 25 heavy (non-hydrogen) atoms. The maximum absolute atomic E-state index is 12.5. The summed E-state index contributed by atoms with van der Waals surface area (Å²) in [5.41, 5.74) is 2.56. The molecule has 2 aromatic rings. The number of carbonyl (C=O) groups excluding carboxylic acids is 1. The van der Waals surface area contributed by atoms with Crippen LogP contribution in [-0.2, 0) is 0 Å². The summed E-state index contributed by atoms with van der Waals surface area (Å²) in [5.74, 6) is 0.410. The predicted octanol–water partition coefficient (Wildman–Crippen LogP) is 3.75. The average molecular weight is 361 g/mol. The third-order valence-electron chi connectivity index (χ3n) is 4.82. The van der Waals surface area contributed by atoms with Gasteiger partial charge in [-0.3, -0.25) is 14.8 Å². The Kier molecular flexibility index (Phi) is 5.76. The number of halogens is 1. The first-order chi connectivity index (χ1) is 12.1. The Bertz CT molecular complexity index is 722. The van der Waals surface area contributed by atoms with Crippen LogP contribution >= 0.6 is 11.6 Å². The van der Waals surface area contributed by atoms with Gasteiger partial charge in [0.1, 0.15) is 5.69 Å². The van der Waals surface area contributed by atoms with Crippen LogP contribution in [0, 0.1) is 0 Å². The summed E-state index contributed by atoms with van der Waals surface area (Å²) in [6.45, 7) is 6.50. The number of aromatic nitrogens is 2. The number of carbonyl (C=O) groups is 1. The van der Waals surface area contributed by atoms with Crippen molar-refractivity contribution >= 4 is 17.5 Å². The lowest BCUT2D eigenvalue weighted by Crippen LogP contribution is -2.38. The number of hydrogen-bond donors (Lipinski definition) is 2. The zero-order valence-electron chi connectivity index (χ0n) is 14.8. The van der Waals surface area contributed by atoms with Gasteiger partial charge in [0.15, 0.2) is 0 Å². The van der Waals surface area contributed by atoms with Crippen molar-refractivity contribution in [1.29, 1.82) is 0 Å². The van der Waals surface area contributed by atoms with E-state index in [-0.39, 0.29) is 11.9 Å². The molecule has 1 heterocycles. The van der Waals surface area contributed by atoms with Crippen molar-refractivity contribution in [3.8, 4) is 0 Å². The summed E-state index contributed by atoms with van der Waals surface area (Å²) in [5, 5.41) is 10.9. The number of nitrogens with zero attached hydrogens (tertiary/aromatic N) is 2. The molecule has 1 aliphatic rings. The summed E-state index contributed by atoms with van der Waals surface area (Å²) in [7, 11) is 0. The first-order valence-corrected chi connectivity index (χ1v) is 9.33. The van der Waals surface area contributed by atoms with E-state index in [0.29, 0.717) is 18.2 Å². The second-order valence-corrected chi connectivity index (χ2v) is 6.86. The monoisotopic (exact) mass is 360 g/mol. The number of nitrogens with one attached hydrogen (secondary N) is 2. The number of rotatable bonds is 8. The van der Waals surface area contributed by atoms with Crippen LogP contribution in [0.2, 0.25) is 5.02 Å². The Morgan fingerprint density at radius 3 is 2.72 bits per heavy atom. The van der Waals surface area contributed by atoms with E-state index in [1.165, 1.54) is 12.8 Å². The van der Waals surface area contributed by atoms with Gasteiger partial charge in [-0.1, -0.05) is 43.6 Å². The molecular formula is C19H25ClN4O. The van der Waals surface area contributed by atoms with E-state index in [1.807, 2.05) is 30.3 Å². The Balaban J connectivity index is 1.71. The molecule has 1 aromatic heterocycles. The minimum atomic E-state index is -0.146. The van der Waals surface area contributed by atoms with E-state index in [4.69, 9.17) is 11.6 Å². The molecule has 1 amide bonds. The smallest absolute Gasteiger partial charge is 0.271 e. The molecule has 134 valence electrons. The lowest BCUT2D eigenvalue weighted by Gasteiger charge is -2.30. The van der Waals surface area contributed by atoms with Crippen LogP contribution in [0.15, 0.2) is 30.3 Å². The molecule has 1 aliphatic carbocycles. The number of H-pyrrole nitrogens is 1. The third kappa shape index (κ3) is 4.22. The predicted molar refractivity (Wildman–Crippen MR) is 100 cm³/mol. The van der Waals surface area contributed by atoms with Crippen LogP contribution in [0.5, 0.6) is 0 Å². The van der Waals surface area contributed by atoms with Crippen LogP contribution in [0.25, 0.3) is 0 Å². The third-order valence-corrected chi connectivity index (χ3v) is 5.17. The number of benzene rings is 1. The first kappa shape index (κ1) is 18.0. The summed E-state index contributed by atoms with van der Waals surface area (Å²) < 4.78 is 0. The molecule has 0 aliphatic heterocycles. The summed E-state index contributed by atoms with van der Waals surface area (Å²) >= 11 is 6.40. The summed E-state index contributed by atoms with van der Waals surface area (Å²) in [6, 6.07) is 9.73. The van der Waals surface area contributed by atoms with Crippen molar-refractivity contribution in [3.63, 3.8) is 0 Å². The van der Waals surface area contributed by atoms with Gasteiger partial charge in [-0.25, -0.2) is 0 Å². The fourth-order valence-electron chi connectivity index (χ4n) is 3.18. The molecule has 0 unspecified atom stereocenters. The SMILES string of the molecule is CCN(CC)[C@@H](CNC(=O)c1cc(C2CC2)[nH]n1)c1ccccc1Cl. The molecular weight excluding hydrogens is 336 g/mol. The van der Waals surface area contributed by atoms with Gasteiger partial charge >= 0.3 is 0 Å². The minimum absolute atomic E-state index is 0.0366. The lowest BCUT2D eigenvalue weighted by atomic mass is 10.0. The van der Waals surface area contributed by atoms with Crippen molar-refractivity contribution < 1.29 is 4.79 Å². The van der Waals surface area contributed by atoms with E-state index in [2.05, 4.69) is 34.3 Å².